The van der Waals surface area contributed by atoms with Gasteiger partial charge in [-0.3, -0.25) is 9.59 Å². The van der Waals surface area contributed by atoms with Crippen molar-refractivity contribution >= 4 is 28.3 Å². The molecule has 1 aromatic carbocycles. The average molecular weight is 386 g/mol. The number of nitrogens with zero attached hydrogens (tertiary/aromatic N) is 1. The van der Waals surface area contributed by atoms with E-state index < -0.39 is 5.97 Å². The third-order valence-electron chi connectivity index (χ3n) is 2.85. The molecule has 0 aliphatic heterocycles. The fourth-order valence-electron chi connectivity index (χ4n) is 1.84. The smallest absolute Gasteiger partial charge is 0.325 e. The Kier molecular flexibility index (Phi) is 8.18. The lowest BCUT2D eigenvalue weighted by Gasteiger charge is -2.19. The molecule has 0 aromatic heterocycles. The van der Waals surface area contributed by atoms with Gasteiger partial charge in [-0.1, -0.05) is 28.6 Å². The second-order valence-corrected chi connectivity index (χ2v) is 5.36. The van der Waals surface area contributed by atoms with Gasteiger partial charge < -0.3 is 19.1 Å². The van der Waals surface area contributed by atoms with Crippen molar-refractivity contribution in [1.29, 1.82) is 0 Å². The van der Waals surface area contributed by atoms with Crippen molar-refractivity contribution in [3.63, 3.8) is 0 Å². The van der Waals surface area contributed by atoms with E-state index in [4.69, 9.17) is 14.2 Å². The molecule has 1 rings (SSSR count). The summed E-state index contributed by atoms with van der Waals surface area (Å²) in [5, 5.41) is 0. The van der Waals surface area contributed by atoms with Gasteiger partial charge in [-0.25, -0.2) is 0 Å². The first-order chi connectivity index (χ1) is 11.0. The van der Waals surface area contributed by atoms with Crippen LogP contribution in [0.1, 0.15) is 12.5 Å². The Balaban J connectivity index is 2.94. The molecule has 126 valence electrons. The average Bonchev–Trinajstić information content (AvgIpc) is 2.54. The number of hydrogen-bond donors (Lipinski definition) is 0. The molecule has 0 unspecified atom stereocenters. The minimum absolute atomic E-state index is 0.112. The molecule has 7 heteroatoms. The van der Waals surface area contributed by atoms with Crippen LogP contribution in [0, 0.1) is 0 Å². The molecule has 1 aromatic rings. The zero-order valence-electron chi connectivity index (χ0n) is 13.2. The predicted octanol–water partition coefficient (Wildman–Crippen LogP) is 2.54. The summed E-state index contributed by atoms with van der Waals surface area (Å²) in [6.07, 6.45) is 2.23. The van der Waals surface area contributed by atoms with Gasteiger partial charge in [-0.2, -0.15) is 0 Å². The Morgan fingerprint density at radius 1 is 1.39 bits per heavy atom. The molecule has 1 amide bonds. The fourth-order valence-corrected chi connectivity index (χ4v) is 2.29. The van der Waals surface area contributed by atoms with Crippen LogP contribution in [0.25, 0.3) is 0 Å². The summed E-state index contributed by atoms with van der Waals surface area (Å²) >= 11 is 3.43. The second-order valence-electron chi connectivity index (χ2n) is 4.51. The monoisotopic (exact) mass is 385 g/mol. The predicted molar refractivity (Wildman–Crippen MR) is 89.5 cm³/mol. The van der Waals surface area contributed by atoms with Gasteiger partial charge in [-0.05, 0) is 24.6 Å². The van der Waals surface area contributed by atoms with Gasteiger partial charge in [-0.15, -0.1) is 0 Å². The van der Waals surface area contributed by atoms with Crippen molar-refractivity contribution in [1.82, 2.24) is 4.90 Å². The summed E-state index contributed by atoms with van der Waals surface area (Å²) in [7, 11) is 1.54. The lowest BCUT2D eigenvalue weighted by molar-refractivity contribution is -0.146. The molecule has 0 aliphatic carbocycles. The zero-order chi connectivity index (χ0) is 17.2. The van der Waals surface area contributed by atoms with Crippen LogP contribution in [0.15, 0.2) is 29.3 Å². The largest absolute Gasteiger partial charge is 0.493 e. The number of amides is 1. The quantitative estimate of drug-likeness (QED) is 0.351. The van der Waals surface area contributed by atoms with Crippen LogP contribution in [0.5, 0.6) is 11.5 Å². The van der Waals surface area contributed by atoms with Crippen molar-refractivity contribution < 1.29 is 23.8 Å². The number of rotatable bonds is 10. The van der Waals surface area contributed by atoms with Crippen molar-refractivity contribution in [3.05, 3.63) is 34.8 Å². The Morgan fingerprint density at radius 2 is 2.13 bits per heavy atom. The molecule has 0 aliphatic rings. The molecular weight excluding hydrogens is 366 g/mol. The van der Waals surface area contributed by atoms with Crippen LogP contribution in [0.4, 0.5) is 0 Å². The van der Waals surface area contributed by atoms with Gasteiger partial charge in [0.15, 0.2) is 11.5 Å². The highest BCUT2D eigenvalue weighted by Crippen LogP contribution is 2.34. The maximum absolute atomic E-state index is 11.5. The van der Waals surface area contributed by atoms with Crippen LogP contribution >= 0.6 is 15.9 Å². The van der Waals surface area contributed by atoms with E-state index in [1.54, 1.807) is 32.2 Å². The number of halogens is 1. The highest BCUT2D eigenvalue weighted by atomic mass is 79.9. The highest BCUT2D eigenvalue weighted by Gasteiger charge is 2.15. The number of carbonyl (C=O) groups excluding carboxylic acids is 2. The van der Waals surface area contributed by atoms with E-state index in [0.29, 0.717) is 24.5 Å². The first-order valence-electron chi connectivity index (χ1n) is 7.00. The topological polar surface area (TPSA) is 65.1 Å². The molecular formula is C16H20BrNO5. The lowest BCUT2D eigenvalue weighted by atomic mass is 10.2. The standard InChI is InChI=1S/C16H20BrNO5/c1-4-6-23-15-7-12(13(17)8-14(15)21-3)9-18(11-19)10-16(20)22-5-2/h4,7-8,11H,1,5-6,9-10H2,2-3H3. The molecule has 0 N–H and O–H groups in total. The third-order valence-corrected chi connectivity index (χ3v) is 3.59. The summed E-state index contributed by atoms with van der Waals surface area (Å²) in [6.45, 7) is 6.04. The van der Waals surface area contributed by atoms with E-state index in [2.05, 4.69) is 22.5 Å². The minimum atomic E-state index is -0.452. The normalized spacial score (nSPS) is 9.87. The van der Waals surface area contributed by atoms with Crippen LogP contribution < -0.4 is 9.47 Å². The number of benzene rings is 1. The zero-order valence-corrected chi connectivity index (χ0v) is 14.8. The molecule has 0 radical (unpaired) electrons. The summed E-state index contributed by atoms with van der Waals surface area (Å²) in [5.41, 5.74) is 0.779. The summed E-state index contributed by atoms with van der Waals surface area (Å²) < 4.78 is 16.4. The molecule has 0 saturated heterocycles. The van der Waals surface area contributed by atoms with Crippen LogP contribution in [0.3, 0.4) is 0 Å². The number of ether oxygens (including phenoxy) is 3. The summed E-state index contributed by atoms with van der Waals surface area (Å²) in [6, 6.07) is 3.51. The van der Waals surface area contributed by atoms with Crippen molar-refractivity contribution in [2.24, 2.45) is 0 Å². The van der Waals surface area contributed by atoms with Gasteiger partial charge in [0.1, 0.15) is 13.2 Å². The Labute approximate surface area is 144 Å². The Morgan fingerprint density at radius 3 is 2.70 bits per heavy atom. The van der Waals surface area contributed by atoms with E-state index >= 15 is 0 Å². The maximum atomic E-state index is 11.5. The number of methoxy groups -OCH3 is 1. The second kappa shape index (κ2) is 9.89. The van der Waals surface area contributed by atoms with E-state index in [1.165, 1.54) is 4.90 Å². The molecule has 0 atom stereocenters. The third kappa shape index (κ3) is 5.94. The lowest BCUT2D eigenvalue weighted by Crippen LogP contribution is -2.29. The number of hydrogen-bond acceptors (Lipinski definition) is 5. The van der Waals surface area contributed by atoms with Crippen molar-refractivity contribution in [2.45, 2.75) is 13.5 Å². The Hall–Kier alpha value is -2.02. The molecule has 0 fully saturated rings. The first-order valence-corrected chi connectivity index (χ1v) is 7.80. The van der Waals surface area contributed by atoms with Crippen LogP contribution in [-0.4, -0.2) is 44.1 Å². The van der Waals surface area contributed by atoms with Gasteiger partial charge in [0, 0.05) is 11.0 Å². The van der Waals surface area contributed by atoms with Gasteiger partial charge in [0.05, 0.1) is 13.7 Å². The van der Waals surface area contributed by atoms with Crippen molar-refractivity contribution in [2.75, 3.05) is 26.9 Å². The van der Waals surface area contributed by atoms with Gasteiger partial charge >= 0.3 is 5.97 Å². The molecule has 0 bridgehead atoms. The van der Waals surface area contributed by atoms with Crippen LogP contribution in [-0.2, 0) is 20.9 Å². The Bertz CT molecular complexity index is 562. The van der Waals surface area contributed by atoms with E-state index in [9.17, 15) is 9.59 Å². The molecule has 6 nitrogen and oxygen atoms in total. The van der Waals surface area contributed by atoms with E-state index in [-0.39, 0.29) is 19.7 Å². The van der Waals surface area contributed by atoms with Crippen LogP contribution in [0.2, 0.25) is 0 Å². The molecule has 23 heavy (non-hydrogen) atoms. The van der Waals surface area contributed by atoms with E-state index in [0.717, 1.165) is 10.0 Å². The SMILES string of the molecule is C=CCOc1cc(CN(C=O)CC(=O)OCC)c(Br)cc1OC. The first kappa shape index (κ1) is 19.0. The fraction of sp³-hybridized carbons (Fsp3) is 0.375. The summed E-state index contributed by atoms with van der Waals surface area (Å²) in [4.78, 5) is 24.0. The number of carbonyl (C=O) groups is 2. The van der Waals surface area contributed by atoms with Crippen molar-refractivity contribution in [3.8, 4) is 11.5 Å². The molecule has 0 saturated carbocycles. The molecule has 0 heterocycles. The van der Waals surface area contributed by atoms with E-state index in [1.807, 2.05) is 0 Å². The molecule has 0 spiro atoms. The maximum Gasteiger partial charge on any atom is 0.325 e. The van der Waals surface area contributed by atoms with Gasteiger partial charge in [0.25, 0.3) is 0 Å². The summed E-state index contributed by atoms with van der Waals surface area (Å²) in [5.74, 6) is 0.644. The highest BCUT2D eigenvalue weighted by molar-refractivity contribution is 9.10. The van der Waals surface area contributed by atoms with Gasteiger partial charge in [0.2, 0.25) is 6.41 Å². The minimum Gasteiger partial charge on any atom is -0.493 e. The number of esters is 1.